The average molecular weight is 214 g/mol. The minimum absolute atomic E-state index is 0.178. The fourth-order valence-corrected chi connectivity index (χ4v) is 1.71. The van der Waals surface area contributed by atoms with E-state index in [-0.39, 0.29) is 12.5 Å². The minimum Gasteiger partial charge on any atom is -0.480 e. The molecule has 1 rings (SSSR count). The summed E-state index contributed by atoms with van der Waals surface area (Å²) in [6, 6.07) is 0. The third-order valence-corrected chi connectivity index (χ3v) is 2.54. The zero-order valence-electron chi connectivity index (χ0n) is 8.87. The maximum absolute atomic E-state index is 11.2. The normalized spacial score (nSPS) is 17.3. The first-order chi connectivity index (χ1) is 7.18. The van der Waals surface area contributed by atoms with E-state index in [0.717, 1.165) is 19.6 Å². The van der Waals surface area contributed by atoms with Gasteiger partial charge in [0.1, 0.15) is 6.54 Å². The van der Waals surface area contributed by atoms with Crippen LogP contribution in [0.5, 0.6) is 0 Å². The van der Waals surface area contributed by atoms with E-state index in [9.17, 15) is 9.59 Å². The van der Waals surface area contributed by atoms with Gasteiger partial charge in [0, 0.05) is 13.0 Å². The van der Waals surface area contributed by atoms with Crippen LogP contribution in [-0.2, 0) is 9.59 Å². The van der Waals surface area contributed by atoms with Crippen molar-refractivity contribution in [2.45, 2.75) is 25.7 Å². The molecule has 5 nitrogen and oxygen atoms in total. The molecule has 1 aliphatic heterocycles. The first kappa shape index (κ1) is 12.0. The number of aliphatic carboxylic acids is 1. The molecule has 0 spiro atoms. The van der Waals surface area contributed by atoms with Crippen molar-refractivity contribution in [3.8, 4) is 0 Å². The van der Waals surface area contributed by atoms with Gasteiger partial charge in [0.15, 0.2) is 0 Å². The number of carboxylic acids is 1. The summed E-state index contributed by atoms with van der Waals surface area (Å²) in [4.78, 5) is 23.6. The molecule has 1 amide bonds. The smallest absolute Gasteiger partial charge is 0.322 e. The number of nitrogens with zero attached hydrogens (tertiary/aromatic N) is 1. The molecule has 1 fully saturated rings. The highest BCUT2D eigenvalue weighted by molar-refractivity contribution is 5.81. The second kappa shape index (κ2) is 6.40. The topological polar surface area (TPSA) is 69.6 Å². The van der Waals surface area contributed by atoms with Crippen LogP contribution in [0.15, 0.2) is 0 Å². The second-order valence-corrected chi connectivity index (χ2v) is 3.82. The van der Waals surface area contributed by atoms with Crippen LogP contribution < -0.4 is 5.32 Å². The van der Waals surface area contributed by atoms with Crippen molar-refractivity contribution in [3.05, 3.63) is 0 Å². The molecule has 0 radical (unpaired) electrons. The Balaban J connectivity index is 2.07. The molecule has 0 aromatic carbocycles. The molecule has 86 valence electrons. The van der Waals surface area contributed by atoms with E-state index >= 15 is 0 Å². The maximum Gasteiger partial charge on any atom is 0.322 e. The van der Waals surface area contributed by atoms with Crippen molar-refractivity contribution >= 4 is 11.9 Å². The maximum atomic E-state index is 11.2. The highest BCUT2D eigenvalue weighted by Gasteiger charge is 2.11. The molecule has 0 bridgehead atoms. The first-order valence-corrected chi connectivity index (χ1v) is 5.39. The number of piperidine rings is 1. The lowest BCUT2D eigenvalue weighted by Crippen LogP contribution is -2.35. The summed E-state index contributed by atoms with van der Waals surface area (Å²) in [6.45, 7) is 2.59. The molecule has 0 unspecified atom stereocenters. The van der Waals surface area contributed by atoms with Crippen molar-refractivity contribution < 1.29 is 14.7 Å². The Labute approximate surface area is 89.4 Å². The van der Waals surface area contributed by atoms with Gasteiger partial charge in [-0.05, 0) is 25.9 Å². The van der Waals surface area contributed by atoms with Crippen molar-refractivity contribution in [1.29, 1.82) is 0 Å². The molecule has 0 atom stereocenters. The van der Waals surface area contributed by atoms with Gasteiger partial charge in [-0.2, -0.15) is 0 Å². The number of hydrogen-bond acceptors (Lipinski definition) is 3. The molecule has 0 aliphatic carbocycles. The first-order valence-electron chi connectivity index (χ1n) is 5.39. The summed E-state index contributed by atoms with van der Waals surface area (Å²) in [5.41, 5.74) is 0. The molecule has 0 aromatic heterocycles. The number of likely N-dealkylation sites (tertiary alicyclic amines) is 1. The quantitative estimate of drug-likeness (QED) is 0.679. The van der Waals surface area contributed by atoms with Crippen LogP contribution in [0.4, 0.5) is 0 Å². The molecule has 0 aromatic rings. The van der Waals surface area contributed by atoms with Crippen molar-refractivity contribution in [2.75, 3.05) is 26.2 Å². The Bertz CT molecular complexity index is 225. The van der Waals surface area contributed by atoms with Gasteiger partial charge in [-0.15, -0.1) is 0 Å². The molecule has 2 N–H and O–H groups in total. The van der Waals surface area contributed by atoms with Gasteiger partial charge in [-0.25, -0.2) is 0 Å². The number of carbonyl (C=O) groups excluding carboxylic acids is 1. The summed E-state index contributed by atoms with van der Waals surface area (Å²) < 4.78 is 0. The predicted octanol–water partition coefficient (Wildman–Crippen LogP) is 0.0632. The van der Waals surface area contributed by atoms with Gasteiger partial charge in [0.25, 0.3) is 0 Å². The Hall–Kier alpha value is -1.10. The zero-order chi connectivity index (χ0) is 11.1. The standard InChI is InChI=1S/C10H18N2O3/c13-9(11-8-10(14)15)4-7-12-5-2-1-3-6-12/h1-8H2,(H,11,13)(H,14,15). The second-order valence-electron chi connectivity index (χ2n) is 3.82. The monoisotopic (exact) mass is 214 g/mol. The molecule has 1 saturated heterocycles. The number of carbonyl (C=O) groups is 2. The Morgan fingerprint density at radius 2 is 1.87 bits per heavy atom. The average Bonchev–Trinajstić information content (AvgIpc) is 2.25. The molecule has 0 saturated carbocycles. The Morgan fingerprint density at radius 3 is 2.47 bits per heavy atom. The van der Waals surface area contributed by atoms with Crippen molar-refractivity contribution in [3.63, 3.8) is 0 Å². The van der Waals surface area contributed by atoms with Crippen molar-refractivity contribution in [2.24, 2.45) is 0 Å². The minimum atomic E-state index is -0.999. The summed E-state index contributed by atoms with van der Waals surface area (Å²) in [5, 5.41) is 10.7. The van der Waals surface area contributed by atoms with E-state index in [1.165, 1.54) is 19.3 Å². The van der Waals surface area contributed by atoms with E-state index in [1.807, 2.05) is 0 Å². The predicted molar refractivity (Wildman–Crippen MR) is 55.6 cm³/mol. The highest BCUT2D eigenvalue weighted by Crippen LogP contribution is 2.08. The van der Waals surface area contributed by atoms with E-state index in [1.54, 1.807) is 0 Å². The van der Waals surface area contributed by atoms with E-state index in [2.05, 4.69) is 10.2 Å². The van der Waals surface area contributed by atoms with Crippen LogP contribution in [0.2, 0.25) is 0 Å². The summed E-state index contributed by atoms with van der Waals surface area (Å²) >= 11 is 0. The Kier molecular flexibility index (Phi) is 5.10. The van der Waals surface area contributed by atoms with E-state index in [0.29, 0.717) is 6.42 Å². The summed E-state index contributed by atoms with van der Waals surface area (Å²) in [5.74, 6) is -1.18. The van der Waals surface area contributed by atoms with Crippen LogP contribution in [0, 0.1) is 0 Å². The van der Waals surface area contributed by atoms with Gasteiger partial charge in [0.2, 0.25) is 5.91 Å². The number of nitrogens with one attached hydrogen (secondary N) is 1. The van der Waals surface area contributed by atoms with Gasteiger partial charge >= 0.3 is 5.97 Å². The van der Waals surface area contributed by atoms with Crippen LogP contribution in [0.3, 0.4) is 0 Å². The lowest BCUT2D eigenvalue weighted by molar-refractivity contribution is -0.138. The number of rotatable bonds is 5. The van der Waals surface area contributed by atoms with Crippen LogP contribution >= 0.6 is 0 Å². The van der Waals surface area contributed by atoms with Crippen LogP contribution in [0.25, 0.3) is 0 Å². The lowest BCUT2D eigenvalue weighted by atomic mass is 10.1. The highest BCUT2D eigenvalue weighted by atomic mass is 16.4. The van der Waals surface area contributed by atoms with Gasteiger partial charge < -0.3 is 15.3 Å². The largest absolute Gasteiger partial charge is 0.480 e. The fourth-order valence-electron chi connectivity index (χ4n) is 1.71. The van der Waals surface area contributed by atoms with Crippen LogP contribution in [-0.4, -0.2) is 48.1 Å². The number of carboxylic acid groups (broad SMARTS) is 1. The number of amides is 1. The fraction of sp³-hybridized carbons (Fsp3) is 0.800. The van der Waals surface area contributed by atoms with E-state index in [4.69, 9.17) is 5.11 Å². The van der Waals surface area contributed by atoms with Crippen LogP contribution in [0.1, 0.15) is 25.7 Å². The summed E-state index contributed by atoms with van der Waals surface area (Å²) in [7, 11) is 0. The number of hydrogen-bond donors (Lipinski definition) is 2. The summed E-state index contributed by atoms with van der Waals surface area (Å²) in [6.07, 6.45) is 4.09. The van der Waals surface area contributed by atoms with Gasteiger partial charge in [-0.1, -0.05) is 6.42 Å². The third-order valence-electron chi connectivity index (χ3n) is 2.54. The van der Waals surface area contributed by atoms with Gasteiger partial charge in [0.05, 0.1) is 0 Å². The molecule has 1 aliphatic rings. The van der Waals surface area contributed by atoms with E-state index < -0.39 is 5.97 Å². The lowest BCUT2D eigenvalue weighted by Gasteiger charge is -2.25. The molecule has 1 heterocycles. The van der Waals surface area contributed by atoms with Gasteiger partial charge in [-0.3, -0.25) is 9.59 Å². The van der Waals surface area contributed by atoms with Crippen molar-refractivity contribution in [1.82, 2.24) is 10.2 Å². The molecular weight excluding hydrogens is 196 g/mol. The Morgan fingerprint density at radius 1 is 1.20 bits per heavy atom. The third kappa shape index (κ3) is 5.37. The molecule has 5 heteroatoms. The molecular formula is C10H18N2O3. The SMILES string of the molecule is O=C(O)CNC(=O)CCN1CCCCC1. The zero-order valence-corrected chi connectivity index (χ0v) is 8.87. The molecule has 15 heavy (non-hydrogen) atoms.